The summed E-state index contributed by atoms with van der Waals surface area (Å²) in [6.45, 7) is 10.5. The van der Waals surface area contributed by atoms with Crippen molar-refractivity contribution >= 4 is 0 Å². The standard InChI is InChI=1S/C16H32N2/c1-4-14-5-8-16(12-17,9-6-14)18-10-7-15(11-18)13(2)3/h13-15H,4-12,17H2,1-3H3. The molecule has 106 valence electrons. The van der Waals surface area contributed by atoms with Crippen LogP contribution in [0, 0.1) is 17.8 Å². The topological polar surface area (TPSA) is 29.3 Å². The van der Waals surface area contributed by atoms with Crippen LogP contribution in [0.5, 0.6) is 0 Å². The molecule has 1 aliphatic heterocycles. The van der Waals surface area contributed by atoms with Crippen molar-refractivity contribution < 1.29 is 0 Å². The summed E-state index contributed by atoms with van der Waals surface area (Å²) in [5.74, 6) is 2.70. The second-order valence-corrected chi connectivity index (χ2v) is 7.02. The summed E-state index contributed by atoms with van der Waals surface area (Å²) in [5, 5.41) is 0. The van der Waals surface area contributed by atoms with Crippen molar-refractivity contribution in [2.45, 2.75) is 64.8 Å². The predicted molar refractivity (Wildman–Crippen MR) is 78.6 cm³/mol. The number of hydrogen-bond donors (Lipinski definition) is 1. The van der Waals surface area contributed by atoms with E-state index in [0.717, 1.165) is 24.3 Å². The van der Waals surface area contributed by atoms with Gasteiger partial charge in [0, 0.05) is 18.6 Å². The van der Waals surface area contributed by atoms with Gasteiger partial charge in [-0.15, -0.1) is 0 Å². The van der Waals surface area contributed by atoms with Gasteiger partial charge in [0.2, 0.25) is 0 Å². The Kier molecular flexibility index (Phi) is 4.71. The van der Waals surface area contributed by atoms with Gasteiger partial charge in [0.25, 0.3) is 0 Å². The lowest BCUT2D eigenvalue weighted by Gasteiger charge is -2.46. The zero-order valence-corrected chi connectivity index (χ0v) is 12.6. The molecule has 2 aliphatic rings. The average molecular weight is 252 g/mol. The van der Waals surface area contributed by atoms with Crippen LogP contribution in [0.25, 0.3) is 0 Å². The smallest absolute Gasteiger partial charge is 0.0332 e. The summed E-state index contributed by atoms with van der Waals surface area (Å²) in [4.78, 5) is 2.75. The summed E-state index contributed by atoms with van der Waals surface area (Å²) in [6.07, 6.45) is 8.22. The third-order valence-electron chi connectivity index (χ3n) is 5.83. The van der Waals surface area contributed by atoms with Crippen molar-refractivity contribution in [1.82, 2.24) is 4.90 Å². The van der Waals surface area contributed by atoms with Crippen molar-refractivity contribution in [3.8, 4) is 0 Å². The molecule has 0 radical (unpaired) electrons. The first-order chi connectivity index (χ1) is 8.61. The van der Waals surface area contributed by atoms with E-state index in [1.807, 2.05) is 0 Å². The highest BCUT2D eigenvalue weighted by molar-refractivity contribution is 4.98. The summed E-state index contributed by atoms with van der Waals surface area (Å²) in [7, 11) is 0. The van der Waals surface area contributed by atoms with Gasteiger partial charge in [0.15, 0.2) is 0 Å². The molecule has 1 saturated heterocycles. The molecule has 0 aromatic carbocycles. The second-order valence-electron chi connectivity index (χ2n) is 7.02. The van der Waals surface area contributed by atoms with Crippen molar-refractivity contribution in [2.24, 2.45) is 23.5 Å². The number of nitrogens with zero attached hydrogens (tertiary/aromatic N) is 1. The van der Waals surface area contributed by atoms with Gasteiger partial charge in [-0.25, -0.2) is 0 Å². The first kappa shape index (κ1) is 14.3. The van der Waals surface area contributed by atoms with E-state index in [1.54, 1.807) is 0 Å². The Bertz CT molecular complexity index is 254. The molecule has 0 spiro atoms. The van der Waals surface area contributed by atoms with Gasteiger partial charge in [-0.05, 0) is 56.4 Å². The lowest BCUT2D eigenvalue weighted by molar-refractivity contribution is 0.0572. The Morgan fingerprint density at radius 2 is 1.89 bits per heavy atom. The molecule has 2 fully saturated rings. The van der Waals surface area contributed by atoms with E-state index >= 15 is 0 Å². The minimum Gasteiger partial charge on any atom is -0.329 e. The maximum atomic E-state index is 6.18. The SMILES string of the molecule is CCC1CCC(CN)(N2CCC(C(C)C)C2)CC1. The molecule has 2 nitrogen and oxygen atoms in total. The monoisotopic (exact) mass is 252 g/mol. The van der Waals surface area contributed by atoms with Crippen LogP contribution in [0.3, 0.4) is 0 Å². The lowest BCUT2D eigenvalue weighted by Crippen LogP contribution is -2.55. The zero-order chi connectivity index (χ0) is 13.2. The van der Waals surface area contributed by atoms with Crippen LogP contribution in [-0.4, -0.2) is 30.1 Å². The molecular formula is C16H32N2. The molecule has 2 rings (SSSR count). The molecule has 1 heterocycles. The summed E-state index contributed by atoms with van der Waals surface area (Å²) >= 11 is 0. The maximum absolute atomic E-state index is 6.18. The van der Waals surface area contributed by atoms with Gasteiger partial charge in [-0.3, -0.25) is 4.90 Å². The molecular weight excluding hydrogens is 220 g/mol. The summed E-state index contributed by atoms with van der Waals surface area (Å²) in [5.41, 5.74) is 6.54. The molecule has 18 heavy (non-hydrogen) atoms. The highest BCUT2D eigenvalue weighted by Crippen LogP contribution is 2.40. The van der Waals surface area contributed by atoms with E-state index in [0.29, 0.717) is 5.54 Å². The Hall–Kier alpha value is -0.0800. The molecule has 1 aliphatic carbocycles. The van der Waals surface area contributed by atoms with E-state index in [1.165, 1.54) is 51.6 Å². The lowest BCUT2D eigenvalue weighted by atomic mass is 9.74. The third kappa shape index (κ3) is 2.75. The minimum atomic E-state index is 0.356. The van der Waals surface area contributed by atoms with Crippen molar-refractivity contribution in [1.29, 1.82) is 0 Å². The Labute approximate surface area is 113 Å². The third-order valence-corrected chi connectivity index (χ3v) is 5.83. The molecule has 1 saturated carbocycles. The number of nitrogens with two attached hydrogens (primary N) is 1. The van der Waals surface area contributed by atoms with Crippen LogP contribution in [-0.2, 0) is 0 Å². The van der Waals surface area contributed by atoms with E-state index in [9.17, 15) is 0 Å². The van der Waals surface area contributed by atoms with E-state index in [4.69, 9.17) is 5.73 Å². The fraction of sp³-hybridized carbons (Fsp3) is 1.00. The Morgan fingerprint density at radius 3 is 2.33 bits per heavy atom. The van der Waals surface area contributed by atoms with Gasteiger partial charge in [-0.1, -0.05) is 27.2 Å². The van der Waals surface area contributed by atoms with Gasteiger partial charge in [-0.2, -0.15) is 0 Å². The molecule has 0 amide bonds. The fourth-order valence-electron chi connectivity index (χ4n) is 4.03. The summed E-state index contributed by atoms with van der Waals surface area (Å²) < 4.78 is 0. The fourth-order valence-corrected chi connectivity index (χ4v) is 4.03. The first-order valence-corrected chi connectivity index (χ1v) is 8.06. The van der Waals surface area contributed by atoms with E-state index in [2.05, 4.69) is 25.7 Å². The van der Waals surface area contributed by atoms with Crippen LogP contribution in [0.4, 0.5) is 0 Å². The van der Waals surface area contributed by atoms with Crippen molar-refractivity contribution in [2.75, 3.05) is 19.6 Å². The highest BCUT2D eigenvalue weighted by Gasteiger charge is 2.42. The summed E-state index contributed by atoms with van der Waals surface area (Å²) in [6, 6.07) is 0. The second kappa shape index (κ2) is 5.92. The van der Waals surface area contributed by atoms with Crippen molar-refractivity contribution in [3.05, 3.63) is 0 Å². The quantitative estimate of drug-likeness (QED) is 0.832. The average Bonchev–Trinajstić information content (AvgIpc) is 2.89. The largest absolute Gasteiger partial charge is 0.329 e. The highest BCUT2D eigenvalue weighted by atomic mass is 15.2. The number of hydrogen-bond acceptors (Lipinski definition) is 2. The van der Waals surface area contributed by atoms with Crippen LogP contribution < -0.4 is 5.73 Å². The zero-order valence-electron chi connectivity index (χ0n) is 12.6. The molecule has 2 heteroatoms. The first-order valence-electron chi connectivity index (χ1n) is 8.06. The van der Waals surface area contributed by atoms with Crippen LogP contribution in [0.1, 0.15) is 59.3 Å². The van der Waals surface area contributed by atoms with E-state index < -0.39 is 0 Å². The Balaban J connectivity index is 1.97. The van der Waals surface area contributed by atoms with Crippen LogP contribution >= 0.6 is 0 Å². The molecule has 1 atom stereocenters. The van der Waals surface area contributed by atoms with Crippen LogP contribution in [0.15, 0.2) is 0 Å². The van der Waals surface area contributed by atoms with Gasteiger partial charge >= 0.3 is 0 Å². The van der Waals surface area contributed by atoms with Gasteiger partial charge in [0.1, 0.15) is 0 Å². The van der Waals surface area contributed by atoms with Gasteiger partial charge in [0.05, 0.1) is 0 Å². The Morgan fingerprint density at radius 1 is 1.22 bits per heavy atom. The van der Waals surface area contributed by atoms with Crippen LogP contribution in [0.2, 0.25) is 0 Å². The molecule has 0 bridgehead atoms. The van der Waals surface area contributed by atoms with Crippen molar-refractivity contribution in [3.63, 3.8) is 0 Å². The van der Waals surface area contributed by atoms with E-state index in [-0.39, 0.29) is 0 Å². The predicted octanol–water partition coefficient (Wildman–Crippen LogP) is 3.26. The molecule has 0 aromatic rings. The normalized spacial score (nSPS) is 38.5. The molecule has 0 aromatic heterocycles. The molecule has 1 unspecified atom stereocenters. The molecule has 2 N–H and O–H groups in total. The number of likely N-dealkylation sites (tertiary alicyclic amines) is 1. The van der Waals surface area contributed by atoms with Gasteiger partial charge < -0.3 is 5.73 Å². The number of rotatable bonds is 4. The maximum Gasteiger partial charge on any atom is 0.0332 e. The minimum absolute atomic E-state index is 0.356.